The van der Waals surface area contributed by atoms with Crippen molar-refractivity contribution in [2.24, 2.45) is 0 Å². The summed E-state index contributed by atoms with van der Waals surface area (Å²) >= 11 is 0. The number of amides is 2. The van der Waals surface area contributed by atoms with Crippen LogP contribution in [0.15, 0.2) is 78.9 Å². The molecular formula is C27H28N2O5. The van der Waals surface area contributed by atoms with Gasteiger partial charge in [0.1, 0.15) is 11.5 Å². The van der Waals surface area contributed by atoms with Crippen LogP contribution in [0.25, 0.3) is 0 Å². The smallest absolute Gasteiger partial charge is 0.306 e. The predicted octanol–water partition coefficient (Wildman–Crippen LogP) is 4.93. The number of carbonyl (C=O) groups is 3. The zero-order chi connectivity index (χ0) is 24.3. The third kappa shape index (κ3) is 7.78. The van der Waals surface area contributed by atoms with Crippen LogP contribution >= 0.6 is 0 Å². The van der Waals surface area contributed by atoms with Gasteiger partial charge in [-0.3, -0.25) is 14.4 Å². The second-order valence-corrected chi connectivity index (χ2v) is 7.80. The molecule has 0 spiro atoms. The van der Waals surface area contributed by atoms with E-state index < -0.39 is 11.9 Å². The Morgan fingerprint density at radius 3 is 2.21 bits per heavy atom. The summed E-state index contributed by atoms with van der Waals surface area (Å²) in [6, 6.07) is 23.9. The molecule has 0 fully saturated rings. The van der Waals surface area contributed by atoms with Crippen LogP contribution in [0, 0.1) is 6.92 Å². The SMILES string of the molecule is Cc1ccccc1Oc1ccc(NC(=O)CCC(=O)OCC(=O)N[C@H](C)c2ccccc2)cc1. The van der Waals surface area contributed by atoms with Crippen LogP contribution in [0.5, 0.6) is 11.5 Å². The first-order valence-electron chi connectivity index (χ1n) is 11.0. The lowest BCUT2D eigenvalue weighted by Gasteiger charge is -2.14. The number of anilines is 1. The van der Waals surface area contributed by atoms with Gasteiger partial charge in [0.15, 0.2) is 6.61 Å². The van der Waals surface area contributed by atoms with Crippen molar-refractivity contribution in [3.05, 3.63) is 90.0 Å². The van der Waals surface area contributed by atoms with Crippen molar-refractivity contribution in [1.82, 2.24) is 5.32 Å². The van der Waals surface area contributed by atoms with Gasteiger partial charge in [-0.05, 0) is 55.3 Å². The van der Waals surface area contributed by atoms with Gasteiger partial charge in [0.05, 0.1) is 12.5 Å². The molecule has 0 bridgehead atoms. The molecule has 0 unspecified atom stereocenters. The first-order chi connectivity index (χ1) is 16.4. The fourth-order valence-corrected chi connectivity index (χ4v) is 3.17. The van der Waals surface area contributed by atoms with E-state index in [1.54, 1.807) is 24.3 Å². The van der Waals surface area contributed by atoms with Crippen LogP contribution in [0.1, 0.15) is 36.9 Å². The first-order valence-corrected chi connectivity index (χ1v) is 11.0. The van der Waals surface area contributed by atoms with E-state index in [-0.39, 0.29) is 31.4 Å². The van der Waals surface area contributed by atoms with Crippen molar-refractivity contribution in [1.29, 1.82) is 0 Å². The van der Waals surface area contributed by atoms with Crippen molar-refractivity contribution in [3.63, 3.8) is 0 Å². The molecule has 0 heterocycles. The number of para-hydroxylation sites is 1. The number of hydrogen-bond acceptors (Lipinski definition) is 5. The van der Waals surface area contributed by atoms with Gasteiger partial charge in [0.25, 0.3) is 5.91 Å². The van der Waals surface area contributed by atoms with Gasteiger partial charge in [0, 0.05) is 12.1 Å². The second kappa shape index (κ2) is 12.2. The molecule has 0 aliphatic heterocycles. The lowest BCUT2D eigenvalue weighted by molar-refractivity contribution is -0.149. The molecule has 3 rings (SSSR count). The molecule has 176 valence electrons. The van der Waals surface area contributed by atoms with Crippen LogP contribution < -0.4 is 15.4 Å². The van der Waals surface area contributed by atoms with Gasteiger partial charge in [-0.2, -0.15) is 0 Å². The average molecular weight is 461 g/mol. The summed E-state index contributed by atoms with van der Waals surface area (Å²) in [5.74, 6) is 0.0743. The minimum absolute atomic E-state index is 0.0532. The van der Waals surface area contributed by atoms with Crippen LogP contribution in [-0.4, -0.2) is 24.4 Å². The highest BCUT2D eigenvalue weighted by Gasteiger charge is 2.13. The molecule has 1 atom stereocenters. The van der Waals surface area contributed by atoms with Gasteiger partial charge in [-0.1, -0.05) is 48.5 Å². The highest BCUT2D eigenvalue weighted by molar-refractivity contribution is 5.92. The molecule has 0 aliphatic rings. The molecule has 3 aromatic rings. The third-order valence-electron chi connectivity index (χ3n) is 5.06. The Kier molecular flexibility index (Phi) is 8.80. The molecule has 0 aliphatic carbocycles. The maximum atomic E-state index is 12.1. The summed E-state index contributed by atoms with van der Waals surface area (Å²) in [5.41, 5.74) is 2.56. The Morgan fingerprint density at radius 1 is 0.824 bits per heavy atom. The maximum Gasteiger partial charge on any atom is 0.306 e. The number of ether oxygens (including phenoxy) is 2. The zero-order valence-corrected chi connectivity index (χ0v) is 19.2. The Labute approximate surface area is 199 Å². The normalized spacial score (nSPS) is 11.2. The largest absolute Gasteiger partial charge is 0.457 e. The van der Waals surface area contributed by atoms with Crippen LogP contribution in [0.2, 0.25) is 0 Å². The van der Waals surface area contributed by atoms with Crippen molar-refractivity contribution in [2.75, 3.05) is 11.9 Å². The molecule has 0 saturated heterocycles. The van der Waals surface area contributed by atoms with Gasteiger partial charge in [0.2, 0.25) is 5.91 Å². The topological polar surface area (TPSA) is 93.7 Å². The summed E-state index contributed by atoms with van der Waals surface area (Å²) in [7, 11) is 0. The third-order valence-corrected chi connectivity index (χ3v) is 5.06. The van der Waals surface area contributed by atoms with E-state index in [4.69, 9.17) is 9.47 Å². The number of benzene rings is 3. The Balaban J connectivity index is 1.36. The number of rotatable bonds is 10. The van der Waals surface area contributed by atoms with E-state index in [9.17, 15) is 14.4 Å². The van der Waals surface area contributed by atoms with Crippen LogP contribution in [-0.2, 0) is 19.1 Å². The second-order valence-electron chi connectivity index (χ2n) is 7.80. The first kappa shape index (κ1) is 24.5. The van der Waals surface area contributed by atoms with Crippen LogP contribution in [0.4, 0.5) is 5.69 Å². The quantitative estimate of drug-likeness (QED) is 0.419. The Bertz CT molecular complexity index is 1110. The van der Waals surface area contributed by atoms with Crippen molar-refractivity contribution in [3.8, 4) is 11.5 Å². The van der Waals surface area contributed by atoms with E-state index >= 15 is 0 Å². The summed E-state index contributed by atoms with van der Waals surface area (Å²) in [6.45, 7) is 3.42. The highest BCUT2D eigenvalue weighted by Crippen LogP contribution is 2.25. The number of hydrogen-bond donors (Lipinski definition) is 2. The molecule has 0 aromatic heterocycles. The van der Waals surface area contributed by atoms with E-state index in [2.05, 4.69) is 10.6 Å². The molecule has 34 heavy (non-hydrogen) atoms. The number of nitrogens with one attached hydrogen (secondary N) is 2. The van der Waals surface area contributed by atoms with E-state index in [0.29, 0.717) is 11.4 Å². The van der Waals surface area contributed by atoms with Crippen molar-refractivity contribution in [2.45, 2.75) is 32.7 Å². The fourth-order valence-electron chi connectivity index (χ4n) is 3.17. The molecule has 7 nitrogen and oxygen atoms in total. The molecule has 0 radical (unpaired) electrons. The number of esters is 1. The Morgan fingerprint density at radius 2 is 1.50 bits per heavy atom. The molecule has 3 aromatic carbocycles. The molecule has 7 heteroatoms. The van der Waals surface area contributed by atoms with Crippen molar-refractivity contribution >= 4 is 23.5 Å². The van der Waals surface area contributed by atoms with E-state index in [1.807, 2.05) is 68.4 Å². The fraction of sp³-hybridized carbons (Fsp3) is 0.222. The average Bonchev–Trinajstić information content (AvgIpc) is 2.84. The standard InChI is InChI=1S/C27H28N2O5/c1-19-8-6-7-11-24(19)34-23-14-12-22(13-15-23)29-25(30)16-17-27(32)33-18-26(31)28-20(2)21-9-4-3-5-10-21/h3-15,20H,16-18H2,1-2H3,(H,28,31)(H,29,30)/t20-/m1/s1. The monoisotopic (exact) mass is 460 g/mol. The van der Waals surface area contributed by atoms with Crippen LogP contribution in [0.3, 0.4) is 0 Å². The van der Waals surface area contributed by atoms with Gasteiger partial charge < -0.3 is 20.1 Å². The summed E-state index contributed by atoms with van der Waals surface area (Å²) in [5, 5.41) is 5.49. The Hall–Kier alpha value is -4.13. The maximum absolute atomic E-state index is 12.1. The lowest BCUT2D eigenvalue weighted by atomic mass is 10.1. The predicted molar refractivity (Wildman–Crippen MR) is 130 cm³/mol. The molecular weight excluding hydrogens is 432 g/mol. The minimum atomic E-state index is -0.611. The summed E-state index contributed by atoms with van der Waals surface area (Å²) in [6.07, 6.45) is -0.176. The minimum Gasteiger partial charge on any atom is -0.457 e. The van der Waals surface area contributed by atoms with Gasteiger partial charge in [-0.15, -0.1) is 0 Å². The highest BCUT2D eigenvalue weighted by atomic mass is 16.5. The van der Waals surface area contributed by atoms with E-state index in [1.165, 1.54) is 0 Å². The summed E-state index contributed by atoms with van der Waals surface area (Å²) < 4.78 is 10.8. The summed E-state index contributed by atoms with van der Waals surface area (Å²) in [4.78, 5) is 36.0. The molecule has 2 N–H and O–H groups in total. The van der Waals surface area contributed by atoms with Crippen molar-refractivity contribution < 1.29 is 23.9 Å². The molecule has 2 amide bonds. The molecule has 0 saturated carbocycles. The van der Waals surface area contributed by atoms with Gasteiger partial charge >= 0.3 is 5.97 Å². The number of carbonyl (C=O) groups excluding carboxylic acids is 3. The zero-order valence-electron chi connectivity index (χ0n) is 19.2. The number of aryl methyl sites for hydroxylation is 1. The lowest BCUT2D eigenvalue weighted by Crippen LogP contribution is -2.31. The van der Waals surface area contributed by atoms with E-state index in [0.717, 1.165) is 16.9 Å². The van der Waals surface area contributed by atoms with Gasteiger partial charge in [-0.25, -0.2) is 0 Å².